The van der Waals surface area contributed by atoms with E-state index >= 15 is 0 Å². The molecule has 1 aromatic rings. The van der Waals surface area contributed by atoms with E-state index in [-0.39, 0.29) is 5.25 Å². The standard InChI is InChI=1S/C9H9N3O2S/c10-12-11-7-1-3-8(4-2-7)15(13,14)9-5-6-9/h1-4,9H,5-6H2. The van der Waals surface area contributed by atoms with Gasteiger partial charge in [-0.15, -0.1) is 0 Å². The first-order chi connectivity index (χ1) is 7.14. The van der Waals surface area contributed by atoms with Gasteiger partial charge in [0.2, 0.25) is 0 Å². The molecule has 0 unspecified atom stereocenters. The summed E-state index contributed by atoms with van der Waals surface area (Å²) in [5.41, 5.74) is 8.61. The molecule has 5 nitrogen and oxygen atoms in total. The smallest absolute Gasteiger partial charge is 0.181 e. The highest BCUT2D eigenvalue weighted by molar-refractivity contribution is 7.92. The predicted octanol–water partition coefficient (Wildman–Crippen LogP) is 2.56. The number of hydrogen-bond acceptors (Lipinski definition) is 3. The number of sulfone groups is 1. The number of hydrogen-bond donors (Lipinski definition) is 0. The molecule has 0 aliphatic heterocycles. The molecule has 1 aromatic carbocycles. The summed E-state index contributed by atoms with van der Waals surface area (Å²) < 4.78 is 23.5. The Labute approximate surface area is 87.3 Å². The highest BCUT2D eigenvalue weighted by Gasteiger charge is 2.36. The molecule has 0 N–H and O–H groups in total. The summed E-state index contributed by atoms with van der Waals surface area (Å²) in [5.74, 6) is 0. The van der Waals surface area contributed by atoms with Gasteiger partial charge in [0.25, 0.3) is 0 Å². The minimum atomic E-state index is -3.13. The van der Waals surface area contributed by atoms with Crippen molar-refractivity contribution < 1.29 is 8.42 Å². The molecule has 78 valence electrons. The van der Waals surface area contributed by atoms with Crippen LogP contribution in [0.1, 0.15) is 12.8 Å². The second-order valence-electron chi connectivity index (χ2n) is 3.43. The molecule has 15 heavy (non-hydrogen) atoms. The van der Waals surface area contributed by atoms with Gasteiger partial charge in [-0.1, -0.05) is 17.2 Å². The van der Waals surface area contributed by atoms with Crippen LogP contribution in [0.25, 0.3) is 10.4 Å². The van der Waals surface area contributed by atoms with E-state index in [0.717, 1.165) is 12.8 Å². The average molecular weight is 223 g/mol. The van der Waals surface area contributed by atoms with E-state index < -0.39 is 9.84 Å². The minimum Gasteiger partial charge on any atom is -0.223 e. The summed E-state index contributed by atoms with van der Waals surface area (Å²) in [6.07, 6.45) is 1.50. The number of rotatable bonds is 3. The predicted molar refractivity (Wildman–Crippen MR) is 55.5 cm³/mol. The molecule has 6 heteroatoms. The Morgan fingerprint density at radius 2 is 1.87 bits per heavy atom. The summed E-state index contributed by atoms with van der Waals surface area (Å²) >= 11 is 0. The molecule has 1 saturated carbocycles. The monoisotopic (exact) mass is 223 g/mol. The van der Waals surface area contributed by atoms with Crippen LogP contribution in [-0.4, -0.2) is 13.7 Å². The Kier molecular flexibility index (Phi) is 2.38. The maximum Gasteiger partial charge on any atom is 0.181 e. The van der Waals surface area contributed by atoms with Gasteiger partial charge in [0.15, 0.2) is 9.84 Å². The lowest BCUT2D eigenvalue weighted by Gasteiger charge is -2.01. The molecule has 0 radical (unpaired) electrons. The van der Waals surface area contributed by atoms with Crippen molar-refractivity contribution in [1.82, 2.24) is 0 Å². The van der Waals surface area contributed by atoms with Crippen molar-refractivity contribution in [2.24, 2.45) is 5.11 Å². The fourth-order valence-electron chi connectivity index (χ4n) is 1.32. The number of nitrogens with zero attached hydrogens (tertiary/aromatic N) is 3. The second-order valence-corrected chi connectivity index (χ2v) is 5.66. The summed E-state index contributed by atoms with van der Waals surface area (Å²) in [6, 6.07) is 5.99. The van der Waals surface area contributed by atoms with Crippen LogP contribution in [-0.2, 0) is 9.84 Å². The summed E-state index contributed by atoms with van der Waals surface area (Å²) in [6.45, 7) is 0. The van der Waals surface area contributed by atoms with Crippen LogP contribution in [0.4, 0.5) is 5.69 Å². The van der Waals surface area contributed by atoms with E-state index in [1.54, 1.807) is 0 Å². The van der Waals surface area contributed by atoms with Crippen LogP contribution in [0.15, 0.2) is 34.3 Å². The zero-order chi connectivity index (χ0) is 10.9. The van der Waals surface area contributed by atoms with Crippen molar-refractivity contribution in [3.05, 3.63) is 34.7 Å². The first-order valence-electron chi connectivity index (χ1n) is 4.53. The Bertz CT molecular complexity index is 511. The Balaban J connectivity index is 2.34. The highest BCUT2D eigenvalue weighted by Crippen LogP contribution is 2.33. The fourth-order valence-corrected chi connectivity index (χ4v) is 2.98. The Hall–Kier alpha value is -1.52. The summed E-state index contributed by atoms with van der Waals surface area (Å²) in [7, 11) is -3.13. The van der Waals surface area contributed by atoms with Crippen LogP contribution in [0.5, 0.6) is 0 Å². The largest absolute Gasteiger partial charge is 0.223 e. The molecule has 1 aliphatic carbocycles. The van der Waals surface area contributed by atoms with Crippen molar-refractivity contribution >= 4 is 15.5 Å². The van der Waals surface area contributed by atoms with E-state index in [0.29, 0.717) is 10.6 Å². The van der Waals surface area contributed by atoms with Gasteiger partial charge in [0.05, 0.1) is 10.1 Å². The van der Waals surface area contributed by atoms with Crippen LogP contribution >= 0.6 is 0 Å². The molecule has 0 bridgehead atoms. The second kappa shape index (κ2) is 3.56. The topological polar surface area (TPSA) is 82.9 Å². The third-order valence-corrected chi connectivity index (χ3v) is 4.57. The minimum absolute atomic E-state index is 0.206. The van der Waals surface area contributed by atoms with Crippen LogP contribution in [0, 0.1) is 0 Å². The average Bonchev–Trinajstić information content (AvgIpc) is 3.02. The van der Waals surface area contributed by atoms with E-state index in [4.69, 9.17) is 5.53 Å². The quantitative estimate of drug-likeness (QED) is 0.448. The van der Waals surface area contributed by atoms with Crippen molar-refractivity contribution in [3.63, 3.8) is 0 Å². The number of benzene rings is 1. The first kappa shape index (κ1) is 10.0. The van der Waals surface area contributed by atoms with Crippen molar-refractivity contribution in [3.8, 4) is 0 Å². The molecule has 1 fully saturated rings. The van der Waals surface area contributed by atoms with Gasteiger partial charge in [-0.2, -0.15) is 0 Å². The first-order valence-corrected chi connectivity index (χ1v) is 6.08. The van der Waals surface area contributed by atoms with Gasteiger partial charge >= 0.3 is 0 Å². The summed E-state index contributed by atoms with van der Waals surface area (Å²) in [5, 5.41) is 3.17. The van der Waals surface area contributed by atoms with Gasteiger partial charge < -0.3 is 0 Å². The van der Waals surface area contributed by atoms with E-state index in [1.807, 2.05) is 0 Å². The van der Waals surface area contributed by atoms with E-state index in [2.05, 4.69) is 10.0 Å². The molecule has 1 aliphatic rings. The highest BCUT2D eigenvalue weighted by atomic mass is 32.2. The molecular weight excluding hydrogens is 214 g/mol. The normalized spacial score (nSPS) is 15.7. The van der Waals surface area contributed by atoms with Gasteiger partial charge in [-0.05, 0) is 30.5 Å². The third kappa shape index (κ3) is 1.95. The fraction of sp³-hybridized carbons (Fsp3) is 0.333. The van der Waals surface area contributed by atoms with Crippen molar-refractivity contribution in [2.75, 3.05) is 0 Å². The van der Waals surface area contributed by atoms with Crippen LogP contribution < -0.4 is 0 Å². The molecule has 0 atom stereocenters. The molecule has 0 amide bonds. The van der Waals surface area contributed by atoms with Crippen molar-refractivity contribution in [2.45, 2.75) is 23.0 Å². The molecule has 0 aromatic heterocycles. The SMILES string of the molecule is [N-]=[N+]=Nc1ccc(S(=O)(=O)C2CC2)cc1. The van der Waals surface area contributed by atoms with Crippen LogP contribution in [0.2, 0.25) is 0 Å². The Morgan fingerprint density at radius 1 is 1.27 bits per heavy atom. The molecular formula is C9H9N3O2S. The molecule has 2 rings (SSSR count). The summed E-state index contributed by atoms with van der Waals surface area (Å²) in [4.78, 5) is 2.93. The van der Waals surface area contributed by atoms with E-state index in [9.17, 15) is 8.42 Å². The zero-order valence-corrected chi connectivity index (χ0v) is 8.68. The maximum absolute atomic E-state index is 11.8. The van der Waals surface area contributed by atoms with Gasteiger partial charge in [0, 0.05) is 10.6 Å². The van der Waals surface area contributed by atoms with Crippen molar-refractivity contribution in [1.29, 1.82) is 0 Å². The van der Waals surface area contributed by atoms with Gasteiger partial charge in [-0.3, -0.25) is 0 Å². The lowest BCUT2D eigenvalue weighted by molar-refractivity contribution is 0.595. The van der Waals surface area contributed by atoms with Gasteiger partial charge in [0.1, 0.15) is 0 Å². The Morgan fingerprint density at radius 3 is 2.33 bits per heavy atom. The van der Waals surface area contributed by atoms with Crippen LogP contribution in [0.3, 0.4) is 0 Å². The lowest BCUT2D eigenvalue weighted by Crippen LogP contribution is -2.06. The van der Waals surface area contributed by atoms with E-state index in [1.165, 1.54) is 24.3 Å². The number of azide groups is 1. The molecule has 0 saturated heterocycles. The molecule has 0 heterocycles. The lowest BCUT2D eigenvalue weighted by atomic mass is 10.3. The third-order valence-electron chi connectivity index (χ3n) is 2.29. The molecule has 0 spiro atoms. The zero-order valence-electron chi connectivity index (χ0n) is 7.87. The maximum atomic E-state index is 11.8. The van der Waals surface area contributed by atoms with Gasteiger partial charge in [-0.25, -0.2) is 8.42 Å².